The van der Waals surface area contributed by atoms with Gasteiger partial charge >= 0.3 is 0 Å². The molecule has 0 saturated carbocycles. The van der Waals surface area contributed by atoms with Crippen LogP contribution in [0.25, 0.3) is 0 Å². The lowest BCUT2D eigenvalue weighted by Gasteiger charge is -2.35. The van der Waals surface area contributed by atoms with Crippen LogP contribution in [0.1, 0.15) is 39.2 Å². The van der Waals surface area contributed by atoms with E-state index in [0.29, 0.717) is 18.8 Å². The average Bonchev–Trinajstić information content (AvgIpc) is 3.20. The second-order valence-electron chi connectivity index (χ2n) is 7.90. The average molecular weight is 409 g/mol. The van der Waals surface area contributed by atoms with Gasteiger partial charge in [-0.1, -0.05) is 6.07 Å². The highest BCUT2D eigenvalue weighted by molar-refractivity contribution is 5.64. The van der Waals surface area contributed by atoms with Gasteiger partial charge in [0, 0.05) is 49.0 Å². The third-order valence-corrected chi connectivity index (χ3v) is 6.32. The van der Waals surface area contributed by atoms with E-state index >= 15 is 0 Å². The van der Waals surface area contributed by atoms with Crippen LogP contribution in [-0.4, -0.2) is 52.8 Å². The van der Waals surface area contributed by atoms with Gasteiger partial charge in [0.25, 0.3) is 5.69 Å². The topological polar surface area (TPSA) is 135 Å². The molecule has 6 atom stereocenters. The van der Waals surface area contributed by atoms with Gasteiger partial charge in [-0.3, -0.25) is 21.0 Å². The van der Waals surface area contributed by atoms with Gasteiger partial charge in [0.05, 0.1) is 4.92 Å². The van der Waals surface area contributed by atoms with Crippen molar-refractivity contribution in [3.8, 4) is 0 Å². The number of nitro groups is 1. The van der Waals surface area contributed by atoms with Gasteiger partial charge < -0.3 is 15.1 Å². The summed E-state index contributed by atoms with van der Waals surface area (Å²) in [5, 5.41) is 33.0. The number of rotatable bonds is 7. The van der Waals surface area contributed by atoms with Crippen molar-refractivity contribution in [2.75, 3.05) is 18.0 Å². The van der Waals surface area contributed by atoms with E-state index in [1.54, 1.807) is 12.1 Å². The molecule has 10 nitrogen and oxygen atoms in total. The molecule has 10 heteroatoms. The maximum Gasteiger partial charge on any atom is 0.292 e. The maximum absolute atomic E-state index is 11.9. The highest BCUT2D eigenvalue weighted by Crippen LogP contribution is 2.43. The van der Waals surface area contributed by atoms with Crippen LogP contribution in [0.4, 0.5) is 11.4 Å². The van der Waals surface area contributed by atoms with Gasteiger partial charge in [-0.15, -0.1) is 0 Å². The van der Waals surface area contributed by atoms with Crippen LogP contribution >= 0.6 is 0 Å². The van der Waals surface area contributed by atoms with E-state index in [2.05, 4.69) is 21.7 Å². The lowest BCUT2D eigenvalue weighted by Crippen LogP contribution is -2.41. The molecule has 0 aromatic heterocycles. The molecule has 2 aliphatic rings. The summed E-state index contributed by atoms with van der Waals surface area (Å²) in [6.07, 6.45) is -1.67. The molecule has 0 radical (unpaired) electrons. The molecule has 2 saturated heterocycles. The summed E-state index contributed by atoms with van der Waals surface area (Å²) in [5.74, 6) is -0.880. The van der Waals surface area contributed by atoms with Crippen LogP contribution in [0.3, 0.4) is 0 Å². The summed E-state index contributed by atoms with van der Waals surface area (Å²) < 4.78 is 0. The first-order chi connectivity index (χ1) is 13.8. The molecule has 2 aliphatic heterocycles. The zero-order valence-corrected chi connectivity index (χ0v) is 17.3. The summed E-state index contributed by atoms with van der Waals surface area (Å²) in [7, 11) is 0. The van der Waals surface area contributed by atoms with E-state index in [1.165, 1.54) is 0 Å². The van der Waals surface area contributed by atoms with Crippen molar-refractivity contribution in [3.63, 3.8) is 0 Å². The molecule has 2 fully saturated rings. The van der Waals surface area contributed by atoms with Gasteiger partial charge in [0.1, 0.15) is 18.1 Å². The van der Waals surface area contributed by atoms with Gasteiger partial charge in [-0.25, -0.2) is 10.9 Å². The van der Waals surface area contributed by atoms with Crippen molar-refractivity contribution >= 4 is 11.4 Å². The Morgan fingerprint density at radius 2 is 1.55 bits per heavy atom. The molecule has 0 bridgehead atoms. The molecule has 1 aromatic rings. The Labute approximate surface area is 170 Å². The summed E-state index contributed by atoms with van der Waals surface area (Å²) in [4.78, 5) is 13.5. The number of benzene rings is 1. The second-order valence-corrected chi connectivity index (χ2v) is 7.90. The quantitative estimate of drug-likeness (QED) is 0.280. The van der Waals surface area contributed by atoms with Crippen molar-refractivity contribution in [2.45, 2.75) is 58.2 Å². The van der Waals surface area contributed by atoms with Crippen LogP contribution in [0, 0.1) is 22.0 Å². The van der Waals surface area contributed by atoms with Crippen LogP contribution in [0.15, 0.2) is 18.2 Å². The minimum atomic E-state index is -0.837. The Morgan fingerprint density at radius 1 is 1.03 bits per heavy atom. The fourth-order valence-corrected chi connectivity index (χ4v) is 4.81. The number of hydrogen-bond donors (Lipinski definition) is 6. The molecule has 6 unspecified atom stereocenters. The number of nitrogens with one attached hydrogen (secondary N) is 4. The van der Waals surface area contributed by atoms with Gasteiger partial charge in [-0.2, -0.15) is 0 Å². The first-order valence-corrected chi connectivity index (χ1v) is 10.2. The molecule has 29 heavy (non-hydrogen) atoms. The minimum absolute atomic E-state index is 0.0401. The smallest absolute Gasteiger partial charge is 0.292 e. The number of nitrogens with zero attached hydrogens (tertiary/aromatic N) is 2. The van der Waals surface area contributed by atoms with Gasteiger partial charge in [0.2, 0.25) is 0 Å². The Balaban J connectivity index is 2.10. The Hall–Kier alpha value is -1.82. The Bertz CT molecular complexity index is 687. The molecule has 0 amide bonds. The maximum atomic E-state index is 11.9. The lowest BCUT2D eigenvalue weighted by molar-refractivity contribution is -0.384. The molecule has 6 N–H and O–H groups in total. The molecule has 0 aliphatic carbocycles. The van der Waals surface area contributed by atoms with Crippen molar-refractivity contribution < 1.29 is 15.1 Å². The zero-order chi connectivity index (χ0) is 21.3. The monoisotopic (exact) mass is 408 g/mol. The number of hydrazine groups is 2. The van der Waals surface area contributed by atoms with Crippen molar-refractivity contribution in [1.29, 1.82) is 0 Å². The number of anilines is 1. The minimum Gasteiger partial charge on any atom is -0.377 e. The molecule has 2 heterocycles. The highest BCUT2D eigenvalue weighted by atomic mass is 16.6. The van der Waals surface area contributed by atoms with E-state index in [9.17, 15) is 20.3 Å². The molecule has 162 valence electrons. The van der Waals surface area contributed by atoms with Crippen LogP contribution in [-0.2, 0) is 0 Å². The van der Waals surface area contributed by atoms with Gasteiger partial charge in [-0.05, 0) is 39.3 Å². The number of aliphatic hydroxyl groups excluding tert-OH is 2. The predicted octanol–water partition coefficient (Wildman–Crippen LogP) is 0.386. The van der Waals surface area contributed by atoms with E-state index in [1.807, 2.05) is 38.7 Å². The van der Waals surface area contributed by atoms with Crippen LogP contribution in [0.5, 0.6) is 0 Å². The van der Waals surface area contributed by atoms with E-state index in [4.69, 9.17) is 0 Å². The van der Waals surface area contributed by atoms with E-state index in [0.717, 1.165) is 5.56 Å². The Morgan fingerprint density at radius 3 is 1.93 bits per heavy atom. The molecule has 1 aromatic carbocycles. The lowest BCUT2D eigenvalue weighted by atomic mass is 9.71. The summed E-state index contributed by atoms with van der Waals surface area (Å²) in [5.41, 5.74) is 13.1. The molecule has 3 rings (SSSR count). The van der Waals surface area contributed by atoms with Crippen molar-refractivity contribution in [2.24, 2.45) is 11.8 Å². The molecular formula is C19H32N6O4. The van der Waals surface area contributed by atoms with Crippen LogP contribution in [0.2, 0.25) is 0 Å². The first kappa shape index (κ1) is 21.9. The van der Waals surface area contributed by atoms with Gasteiger partial charge in [0.15, 0.2) is 0 Å². The number of nitro benzene ring substituents is 1. The van der Waals surface area contributed by atoms with Crippen LogP contribution < -0.4 is 26.6 Å². The fourth-order valence-electron chi connectivity index (χ4n) is 4.81. The summed E-state index contributed by atoms with van der Waals surface area (Å²) in [6.45, 7) is 9.16. The zero-order valence-electron chi connectivity index (χ0n) is 17.3. The third-order valence-electron chi connectivity index (χ3n) is 6.32. The first-order valence-electron chi connectivity index (χ1n) is 10.2. The summed E-state index contributed by atoms with van der Waals surface area (Å²) in [6, 6.07) is 5.11. The third kappa shape index (κ3) is 4.09. The highest BCUT2D eigenvalue weighted by Gasteiger charge is 2.48. The molecular weight excluding hydrogens is 376 g/mol. The molecule has 0 spiro atoms. The van der Waals surface area contributed by atoms with E-state index < -0.39 is 12.5 Å². The van der Waals surface area contributed by atoms with Crippen molar-refractivity contribution in [1.82, 2.24) is 21.7 Å². The summed E-state index contributed by atoms with van der Waals surface area (Å²) >= 11 is 0. The second kappa shape index (κ2) is 8.90. The van der Waals surface area contributed by atoms with E-state index in [-0.39, 0.29) is 40.4 Å². The Kier molecular flexibility index (Phi) is 6.72. The predicted molar refractivity (Wildman–Crippen MR) is 110 cm³/mol. The largest absolute Gasteiger partial charge is 0.377 e. The fraction of sp³-hybridized carbons (Fsp3) is 0.684. The number of aliphatic hydroxyl groups is 2. The SMILES string of the molecule is CCN(CC)c1ccc(C(C2C(C)NNC2O)C2C(C)NNC2O)cc1[N+](=O)[O-]. The van der Waals surface area contributed by atoms with Crippen molar-refractivity contribution in [3.05, 3.63) is 33.9 Å². The normalized spacial score (nSPS) is 33.0. The number of hydrogen-bond acceptors (Lipinski definition) is 9. The standard InChI is InChI=1S/C19H32N6O4/c1-5-24(6-2)13-8-7-12(9-14(13)25(28)29)17(15-10(3)20-22-18(15)26)16-11(4)21-23-19(16)27/h7-11,15-23,26-27H,5-6H2,1-4H3.